The number of nitrogens with zero attached hydrogens (tertiary/aromatic N) is 4. The zero-order chi connectivity index (χ0) is 23.6. The minimum absolute atomic E-state index is 0.113. The first-order chi connectivity index (χ1) is 15.7. The van der Waals surface area contributed by atoms with E-state index in [2.05, 4.69) is 25.3 Å². The fourth-order valence-electron chi connectivity index (χ4n) is 3.94. The lowest BCUT2D eigenvalue weighted by molar-refractivity contribution is -0.0384. The van der Waals surface area contributed by atoms with Crippen LogP contribution in [0.4, 0.5) is 18.9 Å². The van der Waals surface area contributed by atoms with Crippen molar-refractivity contribution in [3.8, 4) is 11.3 Å². The third kappa shape index (κ3) is 5.18. The summed E-state index contributed by atoms with van der Waals surface area (Å²) in [6.45, 7) is 3.89. The fourth-order valence-corrected chi connectivity index (χ4v) is 3.94. The molecule has 0 atom stereocenters. The van der Waals surface area contributed by atoms with Crippen molar-refractivity contribution in [2.24, 2.45) is 0 Å². The van der Waals surface area contributed by atoms with E-state index in [0.29, 0.717) is 28.5 Å². The Hall–Kier alpha value is -3.36. The number of carbonyl (C=O) groups excluding carboxylic acids is 1. The van der Waals surface area contributed by atoms with Gasteiger partial charge in [0.25, 0.3) is 5.91 Å². The maximum Gasteiger partial charge on any atom is 0.258 e. The van der Waals surface area contributed by atoms with E-state index in [4.69, 9.17) is 0 Å². The first-order valence-corrected chi connectivity index (χ1v) is 10.9. The molecule has 172 valence electrons. The van der Waals surface area contributed by atoms with Gasteiger partial charge in [0.05, 0.1) is 22.6 Å². The molecule has 0 saturated heterocycles. The molecule has 0 aromatic carbocycles. The molecule has 0 spiro atoms. The molecule has 6 nitrogen and oxygen atoms in total. The number of amides is 1. The first kappa shape index (κ1) is 22.8. The Morgan fingerprint density at radius 2 is 1.79 bits per heavy atom. The molecule has 1 aliphatic rings. The second-order valence-corrected chi connectivity index (χ2v) is 8.53. The molecule has 1 saturated carbocycles. The average Bonchev–Trinajstić information content (AvgIpc) is 2.79. The van der Waals surface area contributed by atoms with E-state index in [1.165, 1.54) is 30.7 Å². The molecule has 9 heteroatoms. The minimum Gasteiger partial charge on any atom is -0.320 e. The van der Waals surface area contributed by atoms with Crippen molar-refractivity contribution in [2.75, 3.05) is 5.32 Å². The highest BCUT2D eigenvalue weighted by molar-refractivity contribution is 6.06. The van der Waals surface area contributed by atoms with Crippen LogP contribution in [-0.2, 0) is 0 Å². The zero-order valence-electron chi connectivity index (χ0n) is 18.4. The SMILES string of the molecule is CC(C)c1ncc(C(=O)Nc2c(-c3cccc(F)n3)ccnc2C2CCC(F)(F)CC2)cn1. The van der Waals surface area contributed by atoms with E-state index in [9.17, 15) is 18.0 Å². The van der Waals surface area contributed by atoms with Crippen molar-refractivity contribution in [1.29, 1.82) is 0 Å². The van der Waals surface area contributed by atoms with Gasteiger partial charge in [-0.15, -0.1) is 0 Å². The number of hydrogen-bond donors (Lipinski definition) is 1. The number of nitrogens with one attached hydrogen (secondary N) is 1. The molecule has 1 fully saturated rings. The van der Waals surface area contributed by atoms with Crippen LogP contribution in [0.3, 0.4) is 0 Å². The summed E-state index contributed by atoms with van der Waals surface area (Å²) in [5.41, 5.74) is 1.83. The molecule has 3 aromatic heterocycles. The van der Waals surface area contributed by atoms with Gasteiger partial charge < -0.3 is 5.32 Å². The summed E-state index contributed by atoms with van der Waals surface area (Å²) in [6.07, 6.45) is 4.37. The van der Waals surface area contributed by atoms with E-state index in [1.807, 2.05) is 13.8 Å². The molecule has 0 bridgehead atoms. The number of anilines is 1. The van der Waals surface area contributed by atoms with Gasteiger partial charge in [-0.2, -0.15) is 4.39 Å². The predicted octanol–water partition coefficient (Wildman–Crippen LogP) is 5.74. The van der Waals surface area contributed by atoms with Crippen LogP contribution in [0.15, 0.2) is 42.9 Å². The molecule has 33 heavy (non-hydrogen) atoms. The van der Waals surface area contributed by atoms with Gasteiger partial charge in [-0.25, -0.2) is 23.7 Å². The molecule has 1 N–H and O–H groups in total. The van der Waals surface area contributed by atoms with E-state index in [-0.39, 0.29) is 43.1 Å². The minimum atomic E-state index is -2.70. The maximum atomic E-state index is 13.8. The Labute approximate surface area is 189 Å². The van der Waals surface area contributed by atoms with Crippen LogP contribution in [0.25, 0.3) is 11.3 Å². The highest BCUT2D eigenvalue weighted by atomic mass is 19.3. The third-order valence-corrected chi connectivity index (χ3v) is 5.76. The molecule has 3 aromatic rings. The van der Waals surface area contributed by atoms with Gasteiger partial charge >= 0.3 is 0 Å². The normalized spacial score (nSPS) is 16.1. The standard InChI is InChI=1S/C24H24F3N5O/c1-14(2)22-29-12-16(13-30-22)23(33)32-21-17(18-4-3-5-19(25)31-18)8-11-28-20(21)15-6-9-24(26,27)10-7-15/h3-5,8,11-15H,6-7,9-10H2,1-2H3,(H,32,33). The molecule has 1 aliphatic carbocycles. The Balaban J connectivity index is 1.72. The average molecular weight is 455 g/mol. The largest absolute Gasteiger partial charge is 0.320 e. The monoisotopic (exact) mass is 455 g/mol. The van der Waals surface area contributed by atoms with Gasteiger partial charge in [-0.3, -0.25) is 9.78 Å². The molecular formula is C24H24F3N5O. The molecule has 3 heterocycles. The highest BCUT2D eigenvalue weighted by Gasteiger charge is 2.37. The van der Waals surface area contributed by atoms with Gasteiger partial charge in [-0.05, 0) is 31.0 Å². The summed E-state index contributed by atoms with van der Waals surface area (Å²) in [4.78, 5) is 29.9. The fraction of sp³-hybridized carbons (Fsp3) is 0.375. The molecule has 4 rings (SSSR count). The Bertz CT molecular complexity index is 1140. The summed E-state index contributed by atoms with van der Waals surface area (Å²) in [5, 5.41) is 2.85. The number of carbonyl (C=O) groups is 1. The molecule has 0 unspecified atom stereocenters. The molecular weight excluding hydrogens is 431 g/mol. The lowest BCUT2D eigenvalue weighted by Gasteiger charge is -2.29. The Morgan fingerprint density at radius 1 is 1.09 bits per heavy atom. The van der Waals surface area contributed by atoms with Gasteiger partial charge in [-0.1, -0.05) is 19.9 Å². The van der Waals surface area contributed by atoms with Crippen molar-refractivity contribution < 1.29 is 18.0 Å². The summed E-state index contributed by atoms with van der Waals surface area (Å²) < 4.78 is 41.3. The Kier molecular flexibility index (Phi) is 6.40. The number of rotatable bonds is 5. The molecule has 0 radical (unpaired) electrons. The number of hydrogen-bond acceptors (Lipinski definition) is 5. The summed E-state index contributed by atoms with van der Waals surface area (Å²) in [5.74, 6) is -3.38. The topological polar surface area (TPSA) is 80.7 Å². The van der Waals surface area contributed by atoms with Crippen LogP contribution >= 0.6 is 0 Å². The van der Waals surface area contributed by atoms with Crippen LogP contribution in [0.5, 0.6) is 0 Å². The van der Waals surface area contributed by atoms with E-state index >= 15 is 0 Å². The second-order valence-electron chi connectivity index (χ2n) is 8.53. The van der Waals surface area contributed by atoms with Crippen LogP contribution < -0.4 is 5.32 Å². The van der Waals surface area contributed by atoms with E-state index in [0.717, 1.165) is 0 Å². The number of pyridine rings is 2. The quantitative estimate of drug-likeness (QED) is 0.496. The summed E-state index contributed by atoms with van der Waals surface area (Å²) >= 11 is 0. The first-order valence-electron chi connectivity index (χ1n) is 10.9. The second kappa shape index (κ2) is 9.25. The lowest BCUT2D eigenvalue weighted by atomic mass is 9.83. The number of halogens is 3. The van der Waals surface area contributed by atoms with Crippen LogP contribution in [0.2, 0.25) is 0 Å². The van der Waals surface area contributed by atoms with Gasteiger partial charge in [0.15, 0.2) is 0 Å². The van der Waals surface area contributed by atoms with Crippen molar-refractivity contribution >= 4 is 11.6 Å². The summed E-state index contributed by atoms with van der Waals surface area (Å²) in [6, 6.07) is 5.98. The van der Waals surface area contributed by atoms with Gasteiger partial charge in [0.2, 0.25) is 11.9 Å². The van der Waals surface area contributed by atoms with Gasteiger partial charge in [0.1, 0.15) is 5.82 Å². The van der Waals surface area contributed by atoms with Crippen LogP contribution in [-0.4, -0.2) is 31.8 Å². The lowest BCUT2D eigenvalue weighted by Crippen LogP contribution is -2.25. The van der Waals surface area contributed by atoms with Crippen molar-refractivity contribution in [1.82, 2.24) is 19.9 Å². The van der Waals surface area contributed by atoms with Gasteiger partial charge in [0, 0.05) is 48.8 Å². The van der Waals surface area contributed by atoms with Crippen molar-refractivity contribution in [3.63, 3.8) is 0 Å². The van der Waals surface area contributed by atoms with E-state index in [1.54, 1.807) is 12.1 Å². The van der Waals surface area contributed by atoms with E-state index < -0.39 is 17.8 Å². The molecule has 0 aliphatic heterocycles. The van der Waals surface area contributed by atoms with Crippen LogP contribution in [0.1, 0.15) is 73.2 Å². The maximum absolute atomic E-state index is 13.8. The third-order valence-electron chi connectivity index (χ3n) is 5.76. The smallest absolute Gasteiger partial charge is 0.258 e. The predicted molar refractivity (Wildman–Crippen MR) is 118 cm³/mol. The van der Waals surface area contributed by atoms with Crippen LogP contribution in [0, 0.1) is 5.95 Å². The van der Waals surface area contributed by atoms with Crippen molar-refractivity contribution in [3.05, 3.63) is 65.9 Å². The number of alkyl halides is 2. The Morgan fingerprint density at radius 3 is 2.42 bits per heavy atom. The van der Waals surface area contributed by atoms with Crippen molar-refractivity contribution in [2.45, 2.75) is 57.3 Å². The zero-order valence-corrected chi connectivity index (χ0v) is 18.4. The highest BCUT2D eigenvalue weighted by Crippen LogP contribution is 2.44. The summed E-state index contributed by atoms with van der Waals surface area (Å²) in [7, 11) is 0. The number of aromatic nitrogens is 4. The molecule has 1 amide bonds.